The van der Waals surface area contributed by atoms with Crippen LogP contribution in [0.2, 0.25) is 10.0 Å². The number of anilines is 1. The number of hydrogen-bond donors (Lipinski definition) is 3. The van der Waals surface area contributed by atoms with Crippen LogP contribution in [0.4, 0.5) is 5.69 Å². The molecule has 0 saturated carbocycles. The van der Waals surface area contributed by atoms with E-state index < -0.39 is 6.10 Å². The van der Waals surface area contributed by atoms with Crippen molar-refractivity contribution in [3.8, 4) is 0 Å². The van der Waals surface area contributed by atoms with Crippen LogP contribution in [0.15, 0.2) is 12.1 Å². The Bertz CT molecular complexity index is 475. The molecule has 0 bridgehead atoms. The Labute approximate surface area is 129 Å². The summed E-state index contributed by atoms with van der Waals surface area (Å²) in [6.07, 6.45) is -0.00467. The van der Waals surface area contributed by atoms with E-state index in [2.05, 4.69) is 5.32 Å². The third kappa shape index (κ3) is 5.19. The second-order valence-corrected chi connectivity index (χ2v) is 6.80. The lowest BCUT2D eigenvalue weighted by Gasteiger charge is -2.22. The SMILES string of the molecule is CC(C)(C)CC(O)CNC(=O)c1cc(Cl)c(N)c(Cl)c1. The van der Waals surface area contributed by atoms with Crippen LogP contribution in [-0.4, -0.2) is 23.7 Å². The normalized spacial score (nSPS) is 13.1. The molecule has 1 unspecified atom stereocenters. The van der Waals surface area contributed by atoms with Crippen LogP contribution < -0.4 is 11.1 Å². The van der Waals surface area contributed by atoms with E-state index in [4.69, 9.17) is 28.9 Å². The average Bonchev–Trinajstić information content (AvgIpc) is 2.30. The molecule has 0 aliphatic carbocycles. The van der Waals surface area contributed by atoms with Gasteiger partial charge in [-0.05, 0) is 24.0 Å². The Hall–Kier alpha value is -0.970. The first-order chi connectivity index (χ1) is 9.10. The van der Waals surface area contributed by atoms with E-state index in [1.807, 2.05) is 20.8 Å². The molecular weight excluding hydrogens is 299 g/mol. The third-order valence-corrected chi connectivity index (χ3v) is 3.31. The van der Waals surface area contributed by atoms with Crippen molar-refractivity contribution in [3.05, 3.63) is 27.7 Å². The number of halogens is 2. The summed E-state index contributed by atoms with van der Waals surface area (Å²) >= 11 is 11.7. The zero-order valence-corrected chi connectivity index (χ0v) is 13.3. The Morgan fingerprint density at radius 2 is 1.85 bits per heavy atom. The molecule has 1 atom stereocenters. The smallest absolute Gasteiger partial charge is 0.251 e. The molecule has 1 aromatic carbocycles. The molecule has 1 amide bonds. The van der Waals surface area contributed by atoms with Crippen molar-refractivity contribution in [2.24, 2.45) is 5.41 Å². The van der Waals surface area contributed by atoms with Crippen molar-refractivity contribution < 1.29 is 9.90 Å². The average molecular weight is 319 g/mol. The summed E-state index contributed by atoms with van der Waals surface area (Å²) in [6.45, 7) is 6.25. The molecule has 6 heteroatoms. The van der Waals surface area contributed by atoms with Crippen LogP contribution in [-0.2, 0) is 0 Å². The predicted octanol–water partition coefficient (Wildman–Crippen LogP) is 3.10. The largest absolute Gasteiger partial charge is 0.396 e. The Kier molecular flexibility index (Phi) is 5.68. The highest BCUT2D eigenvalue weighted by molar-refractivity contribution is 6.39. The topological polar surface area (TPSA) is 75.3 Å². The van der Waals surface area contributed by atoms with Crippen LogP contribution in [0, 0.1) is 5.41 Å². The summed E-state index contributed by atoms with van der Waals surface area (Å²) in [5, 5.41) is 13.0. The molecule has 1 aromatic rings. The van der Waals surface area contributed by atoms with Crippen LogP contribution in [0.25, 0.3) is 0 Å². The second-order valence-electron chi connectivity index (χ2n) is 5.98. The van der Waals surface area contributed by atoms with Crippen molar-refractivity contribution in [2.45, 2.75) is 33.3 Å². The maximum atomic E-state index is 12.0. The van der Waals surface area contributed by atoms with Crippen LogP contribution in [0.1, 0.15) is 37.6 Å². The van der Waals surface area contributed by atoms with Gasteiger partial charge in [0.1, 0.15) is 0 Å². The molecule has 0 radical (unpaired) electrons. The first-order valence-corrected chi connectivity index (χ1v) is 7.06. The van der Waals surface area contributed by atoms with E-state index >= 15 is 0 Å². The van der Waals surface area contributed by atoms with Gasteiger partial charge in [-0.15, -0.1) is 0 Å². The van der Waals surface area contributed by atoms with Gasteiger partial charge in [0.05, 0.1) is 21.8 Å². The van der Waals surface area contributed by atoms with E-state index in [-0.39, 0.29) is 33.6 Å². The number of aliphatic hydroxyl groups is 1. The van der Waals surface area contributed by atoms with E-state index in [0.29, 0.717) is 12.0 Å². The van der Waals surface area contributed by atoms with Crippen LogP contribution in [0.3, 0.4) is 0 Å². The van der Waals surface area contributed by atoms with Crippen molar-refractivity contribution in [2.75, 3.05) is 12.3 Å². The van der Waals surface area contributed by atoms with Crippen molar-refractivity contribution >= 4 is 34.8 Å². The number of benzene rings is 1. The Morgan fingerprint density at radius 1 is 1.35 bits per heavy atom. The Balaban J connectivity index is 2.64. The van der Waals surface area contributed by atoms with E-state index in [1.54, 1.807) is 0 Å². The minimum Gasteiger partial charge on any atom is -0.396 e. The summed E-state index contributed by atoms with van der Waals surface area (Å²) in [6, 6.07) is 2.91. The van der Waals surface area contributed by atoms with E-state index in [1.165, 1.54) is 12.1 Å². The van der Waals surface area contributed by atoms with Gasteiger partial charge in [-0.1, -0.05) is 44.0 Å². The summed E-state index contributed by atoms with van der Waals surface area (Å²) in [5.41, 5.74) is 6.17. The highest BCUT2D eigenvalue weighted by Gasteiger charge is 2.18. The van der Waals surface area contributed by atoms with E-state index in [9.17, 15) is 9.90 Å². The number of rotatable bonds is 4. The van der Waals surface area contributed by atoms with E-state index in [0.717, 1.165) is 0 Å². The molecule has 0 saturated heterocycles. The fraction of sp³-hybridized carbons (Fsp3) is 0.500. The molecule has 0 aliphatic rings. The second kappa shape index (κ2) is 6.66. The minimum atomic E-state index is -0.598. The molecule has 20 heavy (non-hydrogen) atoms. The minimum absolute atomic E-state index is 0.00203. The fourth-order valence-electron chi connectivity index (χ4n) is 1.81. The summed E-state index contributed by atoms with van der Waals surface area (Å²) in [5.74, 6) is -0.346. The van der Waals surface area contributed by atoms with Gasteiger partial charge in [0.25, 0.3) is 5.91 Å². The predicted molar refractivity (Wildman–Crippen MR) is 83.3 cm³/mol. The first-order valence-electron chi connectivity index (χ1n) is 6.31. The first kappa shape index (κ1) is 17.1. The number of aliphatic hydroxyl groups excluding tert-OH is 1. The van der Waals surface area contributed by atoms with Crippen LogP contribution >= 0.6 is 23.2 Å². The molecule has 0 aliphatic heterocycles. The van der Waals surface area contributed by atoms with Gasteiger partial charge in [0.15, 0.2) is 0 Å². The highest BCUT2D eigenvalue weighted by Crippen LogP contribution is 2.28. The van der Waals surface area contributed by atoms with Crippen LogP contribution in [0.5, 0.6) is 0 Å². The number of carbonyl (C=O) groups excluding carboxylic acids is 1. The van der Waals surface area contributed by atoms with Gasteiger partial charge in [-0.3, -0.25) is 4.79 Å². The maximum Gasteiger partial charge on any atom is 0.251 e. The molecule has 0 spiro atoms. The van der Waals surface area contributed by atoms with Crippen molar-refractivity contribution in [1.29, 1.82) is 0 Å². The molecule has 4 N–H and O–H groups in total. The zero-order chi connectivity index (χ0) is 15.5. The molecule has 4 nitrogen and oxygen atoms in total. The quantitative estimate of drug-likeness (QED) is 0.747. The molecule has 0 aromatic heterocycles. The zero-order valence-electron chi connectivity index (χ0n) is 11.8. The molecule has 0 fully saturated rings. The van der Waals surface area contributed by atoms with Crippen molar-refractivity contribution in [1.82, 2.24) is 5.32 Å². The molecule has 1 rings (SSSR count). The standard InChI is InChI=1S/C14H20Cl2N2O2/c1-14(2,3)6-9(19)7-18-13(20)8-4-10(15)12(17)11(16)5-8/h4-5,9,19H,6-7,17H2,1-3H3,(H,18,20). The summed E-state index contributed by atoms with van der Waals surface area (Å²) in [7, 11) is 0. The number of hydrogen-bond acceptors (Lipinski definition) is 3. The lowest BCUT2D eigenvalue weighted by Crippen LogP contribution is -2.34. The lowest BCUT2D eigenvalue weighted by molar-refractivity contribution is 0.0868. The number of nitrogen functional groups attached to an aromatic ring is 1. The van der Waals surface area contributed by atoms with Crippen molar-refractivity contribution in [3.63, 3.8) is 0 Å². The molecule has 0 heterocycles. The maximum absolute atomic E-state index is 12.0. The fourth-order valence-corrected chi connectivity index (χ4v) is 2.29. The third-order valence-electron chi connectivity index (χ3n) is 2.69. The van der Waals surface area contributed by atoms with Gasteiger partial charge in [-0.25, -0.2) is 0 Å². The highest BCUT2D eigenvalue weighted by atomic mass is 35.5. The summed E-state index contributed by atoms with van der Waals surface area (Å²) in [4.78, 5) is 12.0. The van der Waals surface area contributed by atoms with Gasteiger partial charge in [0, 0.05) is 12.1 Å². The summed E-state index contributed by atoms with van der Waals surface area (Å²) < 4.78 is 0. The van der Waals surface area contributed by atoms with Gasteiger partial charge < -0.3 is 16.2 Å². The lowest BCUT2D eigenvalue weighted by atomic mass is 9.89. The number of nitrogens with two attached hydrogens (primary N) is 1. The van der Waals surface area contributed by atoms with Gasteiger partial charge in [0.2, 0.25) is 0 Å². The van der Waals surface area contributed by atoms with Gasteiger partial charge in [-0.2, -0.15) is 0 Å². The number of nitrogens with one attached hydrogen (secondary N) is 1. The molecule has 112 valence electrons. The molecular formula is C14H20Cl2N2O2. The number of amides is 1. The van der Waals surface area contributed by atoms with Gasteiger partial charge >= 0.3 is 0 Å². The Morgan fingerprint density at radius 3 is 2.30 bits per heavy atom. The monoisotopic (exact) mass is 318 g/mol. The number of carbonyl (C=O) groups is 1.